The molecule has 0 bridgehead atoms. The summed E-state index contributed by atoms with van der Waals surface area (Å²) in [4.78, 5) is 28.3. The molecule has 108 valence electrons. The molecule has 1 amide bonds. The summed E-state index contributed by atoms with van der Waals surface area (Å²) >= 11 is 0. The molecule has 0 unspecified atom stereocenters. The van der Waals surface area contributed by atoms with Crippen LogP contribution < -0.4 is 5.32 Å². The number of aromatic nitrogens is 4. The smallest absolute Gasteiger partial charge is 0.221 e. The first-order valence-corrected chi connectivity index (χ1v) is 6.70. The van der Waals surface area contributed by atoms with Gasteiger partial charge in [0.15, 0.2) is 11.6 Å². The molecule has 0 aliphatic rings. The lowest BCUT2D eigenvalue weighted by molar-refractivity contribution is -0.114. The largest absolute Gasteiger partial charge is 0.326 e. The van der Waals surface area contributed by atoms with Crippen molar-refractivity contribution in [1.82, 2.24) is 19.9 Å². The van der Waals surface area contributed by atoms with E-state index in [0.717, 1.165) is 11.1 Å². The second-order valence-corrected chi connectivity index (χ2v) is 4.59. The highest BCUT2D eigenvalue weighted by atomic mass is 16.1. The second kappa shape index (κ2) is 6.09. The molecule has 1 aromatic carbocycles. The van der Waals surface area contributed by atoms with Crippen molar-refractivity contribution in [2.24, 2.45) is 0 Å². The molecule has 1 N–H and O–H groups in total. The molecule has 22 heavy (non-hydrogen) atoms. The van der Waals surface area contributed by atoms with Crippen molar-refractivity contribution < 1.29 is 4.79 Å². The van der Waals surface area contributed by atoms with Gasteiger partial charge in [0.2, 0.25) is 5.91 Å². The fraction of sp³-hybridized carbons (Fsp3) is 0.0625. The van der Waals surface area contributed by atoms with E-state index in [1.807, 2.05) is 12.1 Å². The predicted molar refractivity (Wildman–Crippen MR) is 82.8 cm³/mol. The van der Waals surface area contributed by atoms with Gasteiger partial charge < -0.3 is 5.32 Å². The van der Waals surface area contributed by atoms with Crippen LogP contribution in [-0.2, 0) is 4.79 Å². The normalized spacial score (nSPS) is 10.2. The zero-order valence-electron chi connectivity index (χ0n) is 11.9. The topological polar surface area (TPSA) is 80.7 Å². The third-order valence-corrected chi connectivity index (χ3v) is 2.95. The lowest BCUT2D eigenvalue weighted by Gasteiger charge is -2.10. The quantitative estimate of drug-likeness (QED) is 0.802. The van der Waals surface area contributed by atoms with Crippen LogP contribution in [0, 0.1) is 0 Å². The number of carbonyl (C=O) groups excluding carboxylic acids is 1. The van der Waals surface area contributed by atoms with Gasteiger partial charge in [0.25, 0.3) is 0 Å². The van der Waals surface area contributed by atoms with E-state index >= 15 is 0 Å². The standard InChI is InChI=1S/C16H13N5O/c1-11(22)21-12-4-5-13(15-17-6-2-7-18-15)14(10-12)16-19-8-3-9-20-16/h2-10H,1H3,(H,21,22). The molecule has 2 heterocycles. The van der Waals surface area contributed by atoms with E-state index in [4.69, 9.17) is 0 Å². The molecular formula is C16H13N5O. The number of carbonyl (C=O) groups is 1. The summed E-state index contributed by atoms with van der Waals surface area (Å²) in [5, 5.41) is 2.76. The zero-order valence-corrected chi connectivity index (χ0v) is 11.9. The molecule has 0 radical (unpaired) electrons. The Balaban J connectivity index is 2.15. The van der Waals surface area contributed by atoms with Gasteiger partial charge in [-0.25, -0.2) is 19.9 Å². The van der Waals surface area contributed by atoms with Crippen molar-refractivity contribution in [1.29, 1.82) is 0 Å². The van der Waals surface area contributed by atoms with E-state index in [9.17, 15) is 4.79 Å². The third kappa shape index (κ3) is 2.95. The van der Waals surface area contributed by atoms with Gasteiger partial charge in [-0.3, -0.25) is 4.79 Å². The number of hydrogen-bond acceptors (Lipinski definition) is 5. The Bertz CT molecular complexity index is 790. The Morgan fingerprint density at radius 1 is 0.864 bits per heavy atom. The van der Waals surface area contributed by atoms with Crippen LogP contribution >= 0.6 is 0 Å². The van der Waals surface area contributed by atoms with Gasteiger partial charge in [-0.2, -0.15) is 0 Å². The Morgan fingerprint density at radius 3 is 1.95 bits per heavy atom. The van der Waals surface area contributed by atoms with Crippen LogP contribution in [-0.4, -0.2) is 25.8 Å². The van der Waals surface area contributed by atoms with Crippen LogP contribution in [0.2, 0.25) is 0 Å². The molecule has 3 rings (SSSR count). The minimum Gasteiger partial charge on any atom is -0.326 e. The zero-order chi connectivity index (χ0) is 15.4. The summed E-state index contributed by atoms with van der Waals surface area (Å²) in [6, 6.07) is 8.99. The Hall–Kier alpha value is -3.15. The summed E-state index contributed by atoms with van der Waals surface area (Å²) in [5.41, 5.74) is 2.24. The molecule has 3 aromatic rings. The van der Waals surface area contributed by atoms with E-state index in [1.54, 1.807) is 43.0 Å². The molecule has 0 fully saturated rings. The molecule has 0 aliphatic carbocycles. The van der Waals surface area contributed by atoms with E-state index in [2.05, 4.69) is 25.3 Å². The Kier molecular flexibility index (Phi) is 3.82. The molecular weight excluding hydrogens is 278 g/mol. The number of nitrogens with one attached hydrogen (secondary N) is 1. The van der Waals surface area contributed by atoms with Gasteiger partial charge in [0, 0.05) is 48.5 Å². The Labute approximate surface area is 127 Å². The van der Waals surface area contributed by atoms with Crippen molar-refractivity contribution in [3.05, 3.63) is 55.1 Å². The fourth-order valence-electron chi connectivity index (χ4n) is 2.08. The number of hydrogen-bond donors (Lipinski definition) is 1. The van der Waals surface area contributed by atoms with Gasteiger partial charge in [-0.15, -0.1) is 0 Å². The van der Waals surface area contributed by atoms with Crippen LogP contribution in [0.1, 0.15) is 6.92 Å². The van der Waals surface area contributed by atoms with Crippen molar-refractivity contribution in [2.75, 3.05) is 5.32 Å². The first kappa shape index (κ1) is 13.8. The summed E-state index contributed by atoms with van der Waals surface area (Å²) in [6.07, 6.45) is 6.70. The first-order valence-electron chi connectivity index (χ1n) is 6.70. The summed E-state index contributed by atoms with van der Waals surface area (Å²) < 4.78 is 0. The lowest BCUT2D eigenvalue weighted by atomic mass is 10.0. The molecule has 6 nitrogen and oxygen atoms in total. The number of benzene rings is 1. The van der Waals surface area contributed by atoms with Crippen LogP contribution in [0.25, 0.3) is 22.8 Å². The molecule has 0 aliphatic heterocycles. The summed E-state index contributed by atoms with van der Waals surface area (Å²) in [6.45, 7) is 1.47. The third-order valence-electron chi connectivity index (χ3n) is 2.95. The van der Waals surface area contributed by atoms with Crippen LogP contribution in [0.3, 0.4) is 0 Å². The molecule has 0 saturated heterocycles. The molecule has 2 aromatic heterocycles. The van der Waals surface area contributed by atoms with Gasteiger partial charge in [0.1, 0.15) is 0 Å². The van der Waals surface area contributed by atoms with Gasteiger partial charge in [0.05, 0.1) is 0 Å². The Morgan fingerprint density at radius 2 is 1.41 bits per heavy atom. The van der Waals surface area contributed by atoms with Crippen molar-refractivity contribution in [3.8, 4) is 22.8 Å². The molecule has 6 heteroatoms. The maximum atomic E-state index is 11.2. The minimum atomic E-state index is -0.136. The summed E-state index contributed by atoms with van der Waals surface area (Å²) in [7, 11) is 0. The van der Waals surface area contributed by atoms with Gasteiger partial charge >= 0.3 is 0 Å². The highest BCUT2D eigenvalue weighted by Gasteiger charge is 2.13. The summed E-state index contributed by atoms with van der Waals surface area (Å²) in [5.74, 6) is 1.00. The number of amides is 1. The number of nitrogens with zero attached hydrogens (tertiary/aromatic N) is 4. The van der Waals surface area contributed by atoms with Gasteiger partial charge in [-0.05, 0) is 30.3 Å². The minimum absolute atomic E-state index is 0.136. The SMILES string of the molecule is CC(=O)Nc1ccc(-c2ncccn2)c(-c2ncccn2)c1. The molecule has 0 atom stereocenters. The fourth-order valence-corrected chi connectivity index (χ4v) is 2.08. The maximum absolute atomic E-state index is 11.2. The highest BCUT2D eigenvalue weighted by molar-refractivity contribution is 5.91. The molecule has 0 saturated carbocycles. The van der Waals surface area contributed by atoms with Crippen molar-refractivity contribution in [2.45, 2.75) is 6.92 Å². The van der Waals surface area contributed by atoms with E-state index in [0.29, 0.717) is 17.3 Å². The van der Waals surface area contributed by atoms with Crippen molar-refractivity contribution in [3.63, 3.8) is 0 Å². The van der Waals surface area contributed by atoms with E-state index < -0.39 is 0 Å². The molecule has 0 spiro atoms. The van der Waals surface area contributed by atoms with E-state index in [1.165, 1.54) is 6.92 Å². The average molecular weight is 291 g/mol. The lowest BCUT2D eigenvalue weighted by Crippen LogP contribution is -2.06. The maximum Gasteiger partial charge on any atom is 0.221 e. The van der Waals surface area contributed by atoms with Crippen LogP contribution in [0.15, 0.2) is 55.1 Å². The van der Waals surface area contributed by atoms with Gasteiger partial charge in [-0.1, -0.05) is 0 Å². The number of anilines is 1. The average Bonchev–Trinajstić information content (AvgIpc) is 2.56. The van der Waals surface area contributed by atoms with E-state index in [-0.39, 0.29) is 5.91 Å². The van der Waals surface area contributed by atoms with Crippen LogP contribution in [0.5, 0.6) is 0 Å². The van der Waals surface area contributed by atoms with Crippen LogP contribution in [0.4, 0.5) is 5.69 Å². The second-order valence-electron chi connectivity index (χ2n) is 4.59. The first-order chi connectivity index (χ1) is 10.7. The highest BCUT2D eigenvalue weighted by Crippen LogP contribution is 2.30. The monoisotopic (exact) mass is 291 g/mol. The predicted octanol–water partition coefficient (Wildman–Crippen LogP) is 2.56. The van der Waals surface area contributed by atoms with Crippen molar-refractivity contribution >= 4 is 11.6 Å². The number of rotatable bonds is 3.